The molecule has 1 atom stereocenters. The van der Waals surface area contributed by atoms with Gasteiger partial charge in [0.2, 0.25) is 15.9 Å². The van der Waals surface area contributed by atoms with Crippen molar-refractivity contribution in [3.8, 4) is 0 Å². The van der Waals surface area contributed by atoms with Crippen LogP contribution < -0.4 is 5.32 Å². The minimum absolute atomic E-state index is 0.0726. The maximum absolute atomic E-state index is 13.2. The van der Waals surface area contributed by atoms with Crippen LogP contribution in [0.15, 0.2) is 29.2 Å². The van der Waals surface area contributed by atoms with Crippen LogP contribution in [0.1, 0.15) is 35.4 Å². The van der Waals surface area contributed by atoms with Crippen molar-refractivity contribution in [2.24, 2.45) is 13.0 Å². The number of amides is 1. The monoisotopic (exact) mass is 418 g/mol. The van der Waals surface area contributed by atoms with Gasteiger partial charge in [0.25, 0.3) is 0 Å². The first-order valence-corrected chi connectivity index (χ1v) is 11.5. The first-order valence-electron chi connectivity index (χ1n) is 10.0. The fourth-order valence-electron chi connectivity index (χ4n) is 3.86. The number of carbonyl (C=O) groups is 1. The molecule has 1 N–H and O–H groups in total. The van der Waals surface area contributed by atoms with Crippen molar-refractivity contribution in [1.82, 2.24) is 19.4 Å². The number of aryl methyl sites for hydroxylation is 3. The summed E-state index contributed by atoms with van der Waals surface area (Å²) < 4.78 is 29.4. The highest BCUT2D eigenvalue weighted by Crippen LogP contribution is 2.27. The summed E-state index contributed by atoms with van der Waals surface area (Å²) in [6.07, 6.45) is 2.13. The maximum atomic E-state index is 13.2. The van der Waals surface area contributed by atoms with Crippen molar-refractivity contribution in [3.63, 3.8) is 0 Å². The molecule has 1 aliphatic heterocycles. The number of hydrogen-bond donors (Lipinski definition) is 1. The Morgan fingerprint density at radius 2 is 1.90 bits per heavy atom. The summed E-state index contributed by atoms with van der Waals surface area (Å²) >= 11 is 0. The first kappa shape index (κ1) is 21.5. The van der Waals surface area contributed by atoms with Crippen molar-refractivity contribution < 1.29 is 13.2 Å². The van der Waals surface area contributed by atoms with Gasteiger partial charge in [0.05, 0.1) is 17.3 Å². The Balaban J connectivity index is 1.62. The minimum atomic E-state index is -3.67. The molecule has 1 fully saturated rings. The van der Waals surface area contributed by atoms with Gasteiger partial charge in [-0.15, -0.1) is 0 Å². The van der Waals surface area contributed by atoms with Crippen molar-refractivity contribution in [2.75, 3.05) is 19.6 Å². The zero-order valence-electron chi connectivity index (χ0n) is 17.6. The zero-order chi connectivity index (χ0) is 21.2. The van der Waals surface area contributed by atoms with Crippen LogP contribution in [0.2, 0.25) is 0 Å². The number of nitrogens with zero attached hydrogens (tertiary/aromatic N) is 3. The third kappa shape index (κ3) is 4.70. The Bertz CT molecular complexity index is 980. The van der Waals surface area contributed by atoms with Crippen LogP contribution in [0.4, 0.5) is 0 Å². The third-order valence-electron chi connectivity index (χ3n) is 5.63. The van der Waals surface area contributed by atoms with Crippen LogP contribution in [0, 0.1) is 26.7 Å². The standard InChI is InChI=1S/C21H30N4O3S/c1-15-7-9-18(10-8-15)11-12-22-21(26)19-6-5-13-25(14-19)29(27,28)20-16(2)23-24(4)17(20)3/h7-10,19H,5-6,11-14H2,1-4H3,(H,22,26)/t19-/m1/s1. The molecule has 1 amide bonds. The molecule has 0 spiro atoms. The molecule has 8 heteroatoms. The average Bonchev–Trinajstić information content (AvgIpc) is 2.95. The molecule has 7 nitrogen and oxygen atoms in total. The van der Waals surface area contributed by atoms with E-state index < -0.39 is 10.0 Å². The number of carbonyl (C=O) groups excluding carboxylic acids is 1. The second-order valence-electron chi connectivity index (χ2n) is 7.85. The van der Waals surface area contributed by atoms with E-state index >= 15 is 0 Å². The highest BCUT2D eigenvalue weighted by Gasteiger charge is 2.36. The fourth-order valence-corrected chi connectivity index (χ4v) is 5.78. The molecule has 0 unspecified atom stereocenters. The summed E-state index contributed by atoms with van der Waals surface area (Å²) in [5, 5.41) is 7.21. The maximum Gasteiger partial charge on any atom is 0.246 e. The molecule has 0 aliphatic carbocycles. The van der Waals surface area contributed by atoms with Crippen LogP contribution in [0.25, 0.3) is 0 Å². The van der Waals surface area contributed by atoms with Gasteiger partial charge in [-0.25, -0.2) is 8.42 Å². The van der Waals surface area contributed by atoms with Crippen molar-refractivity contribution in [1.29, 1.82) is 0 Å². The van der Waals surface area contributed by atoms with E-state index in [4.69, 9.17) is 0 Å². The third-order valence-corrected chi connectivity index (χ3v) is 7.75. The van der Waals surface area contributed by atoms with Gasteiger partial charge in [-0.3, -0.25) is 9.48 Å². The Morgan fingerprint density at radius 1 is 1.21 bits per heavy atom. The Labute approximate surface area is 173 Å². The van der Waals surface area contributed by atoms with E-state index in [9.17, 15) is 13.2 Å². The minimum Gasteiger partial charge on any atom is -0.355 e. The van der Waals surface area contributed by atoms with Gasteiger partial charge in [-0.1, -0.05) is 29.8 Å². The lowest BCUT2D eigenvalue weighted by molar-refractivity contribution is -0.126. The molecular weight excluding hydrogens is 388 g/mol. The van der Waals surface area contributed by atoms with Crippen LogP contribution in [0.5, 0.6) is 0 Å². The van der Waals surface area contributed by atoms with E-state index in [0.29, 0.717) is 37.3 Å². The van der Waals surface area contributed by atoms with E-state index in [1.54, 1.807) is 25.6 Å². The van der Waals surface area contributed by atoms with Gasteiger partial charge in [0.1, 0.15) is 4.90 Å². The predicted molar refractivity (Wildman–Crippen MR) is 112 cm³/mol. The smallest absolute Gasteiger partial charge is 0.246 e. The van der Waals surface area contributed by atoms with Crippen molar-refractivity contribution in [3.05, 3.63) is 46.8 Å². The topological polar surface area (TPSA) is 84.3 Å². The summed E-state index contributed by atoms with van der Waals surface area (Å²) in [6.45, 7) is 6.70. The van der Waals surface area contributed by atoms with Crippen LogP contribution in [0.3, 0.4) is 0 Å². The van der Waals surface area contributed by atoms with Crippen molar-refractivity contribution in [2.45, 2.75) is 44.9 Å². The molecule has 1 aliphatic rings. The molecule has 0 bridgehead atoms. The van der Waals surface area contributed by atoms with Gasteiger partial charge >= 0.3 is 0 Å². The summed E-state index contributed by atoms with van der Waals surface area (Å²) in [6, 6.07) is 8.25. The second kappa shape index (κ2) is 8.67. The molecular formula is C21H30N4O3S. The van der Waals surface area contributed by atoms with E-state index in [2.05, 4.69) is 34.7 Å². The average molecular weight is 419 g/mol. The molecule has 2 heterocycles. The predicted octanol–water partition coefficient (Wildman–Crippen LogP) is 2.10. The highest BCUT2D eigenvalue weighted by molar-refractivity contribution is 7.89. The molecule has 0 saturated carbocycles. The first-order chi connectivity index (χ1) is 13.7. The number of rotatable bonds is 6. The lowest BCUT2D eigenvalue weighted by Gasteiger charge is -2.31. The summed E-state index contributed by atoms with van der Waals surface area (Å²) in [5.41, 5.74) is 3.49. The number of benzene rings is 1. The normalized spacial score (nSPS) is 18.0. The fraction of sp³-hybridized carbons (Fsp3) is 0.524. The van der Waals surface area contributed by atoms with Gasteiger partial charge in [0.15, 0.2) is 0 Å². The largest absolute Gasteiger partial charge is 0.355 e. The quantitative estimate of drug-likeness (QED) is 0.779. The molecule has 0 radical (unpaired) electrons. The molecule has 29 heavy (non-hydrogen) atoms. The van der Waals surface area contributed by atoms with E-state index in [0.717, 1.165) is 6.42 Å². The second-order valence-corrected chi connectivity index (χ2v) is 9.73. The van der Waals surface area contributed by atoms with Crippen LogP contribution in [-0.4, -0.2) is 48.0 Å². The van der Waals surface area contributed by atoms with Crippen LogP contribution >= 0.6 is 0 Å². The van der Waals surface area contributed by atoms with Gasteiger partial charge in [-0.05, 0) is 45.6 Å². The number of sulfonamides is 1. The number of aromatic nitrogens is 2. The van der Waals surface area contributed by atoms with Gasteiger partial charge in [-0.2, -0.15) is 9.40 Å². The van der Waals surface area contributed by atoms with E-state index in [1.807, 2.05) is 6.92 Å². The lowest BCUT2D eigenvalue weighted by Crippen LogP contribution is -2.45. The molecule has 1 aromatic carbocycles. The summed E-state index contributed by atoms with van der Waals surface area (Å²) in [5.74, 6) is -0.398. The summed E-state index contributed by atoms with van der Waals surface area (Å²) in [4.78, 5) is 12.9. The molecule has 1 aromatic heterocycles. The number of piperidine rings is 1. The Kier molecular flexibility index (Phi) is 6.43. The van der Waals surface area contributed by atoms with Crippen LogP contribution in [-0.2, 0) is 28.3 Å². The zero-order valence-corrected chi connectivity index (χ0v) is 18.4. The SMILES string of the molecule is Cc1ccc(CCNC(=O)[C@@H]2CCCN(S(=O)(=O)c3c(C)nn(C)c3C)C2)cc1. The Morgan fingerprint density at radius 3 is 2.52 bits per heavy atom. The van der Waals surface area contributed by atoms with E-state index in [-0.39, 0.29) is 23.3 Å². The molecule has 158 valence electrons. The Hall–Kier alpha value is -2.19. The molecule has 3 rings (SSSR count). The molecule has 1 saturated heterocycles. The van der Waals surface area contributed by atoms with Crippen molar-refractivity contribution >= 4 is 15.9 Å². The molecule has 2 aromatic rings. The summed E-state index contributed by atoms with van der Waals surface area (Å²) in [7, 11) is -1.93. The lowest BCUT2D eigenvalue weighted by atomic mass is 9.98. The van der Waals surface area contributed by atoms with E-state index in [1.165, 1.54) is 15.4 Å². The number of nitrogens with one attached hydrogen (secondary N) is 1. The highest BCUT2D eigenvalue weighted by atomic mass is 32.2. The van der Waals surface area contributed by atoms with Gasteiger partial charge in [0, 0.05) is 26.7 Å². The van der Waals surface area contributed by atoms with Gasteiger partial charge < -0.3 is 5.32 Å². The number of hydrogen-bond acceptors (Lipinski definition) is 4.